The number of aryl methyl sites for hydroxylation is 1. The number of amides is 2. The summed E-state index contributed by atoms with van der Waals surface area (Å²) in [5.74, 6) is 0.443. The van der Waals surface area contributed by atoms with E-state index < -0.39 is 0 Å². The molecular weight excluding hydrogens is 260 g/mol. The van der Waals surface area contributed by atoms with Crippen molar-refractivity contribution in [2.45, 2.75) is 39.2 Å². The summed E-state index contributed by atoms with van der Waals surface area (Å²) < 4.78 is 0. The predicted octanol–water partition coefficient (Wildman–Crippen LogP) is 1.98. The molecule has 1 saturated carbocycles. The van der Waals surface area contributed by atoms with Crippen LogP contribution in [0.5, 0.6) is 0 Å². The Kier molecular flexibility index (Phi) is 4.96. The van der Waals surface area contributed by atoms with E-state index in [1.807, 2.05) is 12.3 Å². The zero-order chi connectivity index (χ0) is 13.7. The van der Waals surface area contributed by atoms with Gasteiger partial charge in [0, 0.05) is 23.8 Å². The summed E-state index contributed by atoms with van der Waals surface area (Å²) in [4.78, 5) is 24.2. The Morgan fingerprint density at radius 1 is 1.37 bits per heavy atom. The van der Waals surface area contributed by atoms with E-state index >= 15 is 0 Å². The second-order valence-corrected chi connectivity index (χ2v) is 5.97. The lowest BCUT2D eigenvalue weighted by Crippen LogP contribution is -2.28. The number of nitrogens with one attached hydrogen (secondary N) is 2. The lowest BCUT2D eigenvalue weighted by Gasteiger charge is -2.06. The summed E-state index contributed by atoms with van der Waals surface area (Å²) in [6, 6.07) is 2.06. The molecule has 0 saturated heterocycles. The summed E-state index contributed by atoms with van der Waals surface area (Å²) in [5.41, 5.74) is 1.22. The fraction of sp³-hybridized carbons (Fsp3) is 0.571. The van der Waals surface area contributed by atoms with Crippen molar-refractivity contribution in [2.75, 3.05) is 6.54 Å². The number of hydrogen-bond donors (Lipinski definition) is 2. The quantitative estimate of drug-likeness (QED) is 0.750. The van der Waals surface area contributed by atoms with Crippen molar-refractivity contribution in [3.63, 3.8) is 0 Å². The molecule has 0 radical (unpaired) electrons. The first-order chi connectivity index (χ1) is 9.16. The third-order valence-electron chi connectivity index (χ3n) is 3.24. The van der Waals surface area contributed by atoms with Crippen molar-refractivity contribution in [3.8, 4) is 0 Å². The molecule has 1 aliphatic rings. The molecule has 0 aromatic carbocycles. The van der Waals surface area contributed by atoms with Gasteiger partial charge < -0.3 is 10.6 Å². The lowest BCUT2D eigenvalue weighted by atomic mass is 10.2. The largest absolute Gasteiger partial charge is 0.356 e. The van der Waals surface area contributed by atoms with Gasteiger partial charge in [0.05, 0.1) is 6.54 Å². The van der Waals surface area contributed by atoms with E-state index in [0.29, 0.717) is 25.9 Å². The zero-order valence-electron chi connectivity index (χ0n) is 11.2. The van der Waals surface area contributed by atoms with E-state index in [9.17, 15) is 9.59 Å². The summed E-state index contributed by atoms with van der Waals surface area (Å²) >= 11 is 1.66. The molecule has 0 atom stereocenters. The summed E-state index contributed by atoms with van der Waals surface area (Å²) in [6.45, 7) is 3.25. The van der Waals surface area contributed by atoms with Crippen molar-refractivity contribution in [1.29, 1.82) is 0 Å². The van der Waals surface area contributed by atoms with Gasteiger partial charge in [-0.15, -0.1) is 11.3 Å². The molecule has 1 heterocycles. The molecule has 1 fully saturated rings. The molecule has 0 bridgehead atoms. The molecule has 104 valence electrons. The number of carbonyl (C=O) groups excluding carboxylic acids is 2. The van der Waals surface area contributed by atoms with Gasteiger partial charge in [-0.25, -0.2) is 0 Å². The smallest absolute Gasteiger partial charge is 0.223 e. The van der Waals surface area contributed by atoms with Gasteiger partial charge in [0.2, 0.25) is 11.8 Å². The Bertz CT molecular complexity index is 452. The van der Waals surface area contributed by atoms with Gasteiger partial charge in [-0.3, -0.25) is 9.59 Å². The van der Waals surface area contributed by atoms with Crippen molar-refractivity contribution in [2.24, 2.45) is 5.92 Å². The Labute approximate surface area is 117 Å². The molecule has 19 heavy (non-hydrogen) atoms. The average molecular weight is 280 g/mol. The van der Waals surface area contributed by atoms with Crippen LogP contribution in [0.2, 0.25) is 0 Å². The first kappa shape index (κ1) is 14.1. The minimum absolute atomic E-state index is 0.0495. The van der Waals surface area contributed by atoms with Crippen LogP contribution in [0, 0.1) is 12.8 Å². The second-order valence-electron chi connectivity index (χ2n) is 4.97. The number of hydrogen-bond acceptors (Lipinski definition) is 3. The van der Waals surface area contributed by atoms with Crippen LogP contribution in [-0.2, 0) is 16.1 Å². The normalized spacial score (nSPS) is 14.2. The minimum Gasteiger partial charge on any atom is -0.356 e. The maximum absolute atomic E-state index is 11.6. The molecule has 2 rings (SSSR count). The standard InChI is InChI=1S/C14H20N2O2S/c1-10-6-8-19-12(10)9-16-13(17)3-2-7-15-14(18)11-4-5-11/h6,8,11H,2-5,7,9H2,1H3,(H,15,18)(H,16,17). The lowest BCUT2D eigenvalue weighted by molar-refractivity contribution is -0.123. The van der Waals surface area contributed by atoms with Gasteiger partial charge in [-0.2, -0.15) is 0 Å². The average Bonchev–Trinajstić information content (AvgIpc) is 3.16. The van der Waals surface area contributed by atoms with Crippen molar-refractivity contribution < 1.29 is 9.59 Å². The van der Waals surface area contributed by atoms with E-state index in [1.54, 1.807) is 11.3 Å². The van der Waals surface area contributed by atoms with Gasteiger partial charge in [-0.05, 0) is 43.2 Å². The highest BCUT2D eigenvalue weighted by molar-refractivity contribution is 7.10. The molecule has 5 heteroatoms. The van der Waals surface area contributed by atoms with E-state index in [2.05, 4.69) is 16.7 Å². The van der Waals surface area contributed by atoms with Crippen LogP contribution in [0.3, 0.4) is 0 Å². The van der Waals surface area contributed by atoms with Crippen LogP contribution < -0.4 is 10.6 Å². The Morgan fingerprint density at radius 2 is 2.16 bits per heavy atom. The molecular formula is C14H20N2O2S. The van der Waals surface area contributed by atoms with Gasteiger partial charge in [0.1, 0.15) is 0 Å². The maximum atomic E-state index is 11.6. The molecule has 0 spiro atoms. The summed E-state index contributed by atoms with van der Waals surface area (Å²) in [7, 11) is 0. The van der Waals surface area contributed by atoms with Crippen LogP contribution in [0.1, 0.15) is 36.1 Å². The zero-order valence-corrected chi connectivity index (χ0v) is 12.0. The topological polar surface area (TPSA) is 58.2 Å². The van der Waals surface area contributed by atoms with Gasteiger partial charge in [0.25, 0.3) is 0 Å². The highest BCUT2D eigenvalue weighted by Gasteiger charge is 2.28. The molecule has 1 aromatic heterocycles. The second kappa shape index (κ2) is 6.70. The first-order valence-corrected chi connectivity index (χ1v) is 7.62. The van der Waals surface area contributed by atoms with Crippen molar-refractivity contribution in [3.05, 3.63) is 21.9 Å². The molecule has 4 nitrogen and oxygen atoms in total. The van der Waals surface area contributed by atoms with Crippen LogP contribution in [0.4, 0.5) is 0 Å². The first-order valence-electron chi connectivity index (χ1n) is 6.74. The van der Waals surface area contributed by atoms with Crippen LogP contribution in [-0.4, -0.2) is 18.4 Å². The van der Waals surface area contributed by atoms with E-state index in [4.69, 9.17) is 0 Å². The fourth-order valence-electron chi connectivity index (χ4n) is 1.80. The summed E-state index contributed by atoms with van der Waals surface area (Å²) in [5, 5.41) is 7.80. The highest BCUT2D eigenvalue weighted by Crippen LogP contribution is 2.28. The number of rotatable bonds is 7. The van der Waals surface area contributed by atoms with E-state index in [0.717, 1.165) is 12.8 Å². The Balaban J connectivity index is 1.54. The van der Waals surface area contributed by atoms with Crippen LogP contribution in [0.15, 0.2) is 11.4 Å². The molecule has 1 aromatic rings. The molecule has 1 aliphatic carbocycles. The Morgan fingerprint density at radius 3 is 2.79 bits per heavy atom. The SMILES string of the molecule is Cc1ccsc1CNC(=O)CCCNC(=O)C1CC1. The maximum Gasteiger partial charge on any atom is 0.223 e. The van der Waals surface area contributed by atoms with Gasteiger partial charge in [-0.1, -0.05) is 0 Å². The number of thiophene rings is 1. The highest BCUT2D eigenvalue weighted by atomic mass is 32.1. The Hall–Kier alpha value is -1.36. The summed E-state index contributed by atoms with van der Waals surface area (Å²) in [6.07, 6.45) is 3.21. The predicted molar refractivity (Wildman–Crippen MR) is 75.9 cm³/mol. The van der Waals surface area contributed by atoms with Crippen molar-refractivity contribution >= 4 is 23.2 Å². The third-order valence-corrected chi connectivity index (χ3v) is 4.27. The molecule has 2 N–H and O–H groups in total. The van der Waals surface area contributed by atoms with Crippen LogP contribution in [0.25, 0.3) is 0 Å². The molecule has 2 amide bonds. The fourth-order valence-corrected chi connectivity index (χ4v) is 2.65. The van der Waals surface area contributed by atoms with Gasteiger partial charge >= 0.3 is 0 Å². The van der Waals surface area contributed by atoms with E-state index in [1.165, 1.54) is 10.4 Å². The monoisotopic (exact) mass is 280 g/mol. The van der Waals surface area contributed by atoms with Crippen molar-refractivity contribution in [1.82, 2.24) is 10.6 Å². The molecule has 0 aliphatic heterocycles. The van der Waals surface area contributed by atoms with Crippen LogP contribution >= 0.6 is 11.3 Å². The number of carbonyl (C=O) groups is 2. The third kappa shape index (κ3) is 4.67. The minimum atomic E-state index is 0.0495. The van der Waals surface area contributed by atoms with E-state index in [-0.39, 0.29) is 17.7 Å². The van der Waals surface area contributed by atoms with Gasteiger partial charge in [0.15, 0.2) is 0 Å². The molecule has 0 unspecified atom stereocenters.